The number of nitrogens with zero attached hydrogens (tertiary/aromatic N) is 3. The van der Waals surface area contributed by atoms with Gasteiger partial charge in [0.1, 0.15) is 37.4 Å². The summed E-state index contributed by atoms with van der Waals surface area (Å²) in [4.78, 5) is 55.8. The smallest absolute Gasteiger partial charge is 0.362 e. The molecule has 1 aromatic rings. The van der Waals surface area contributed by atoms with E-state index in [0.29, 0.717) is 0 Å². The van der Waals surface area contributed by atoms with Crippen molar-refractivity contribution in [1.82, 2.24) is 14.6 Å². The minimum atomic E-state index is -4.95. The van der Waals surface area contributed by atoms with Crippen LogP contribution in [0, 0.1) is 0 Å². The average molecular weight is 498 g/mol. The van der Waals surface area contributed by atoms with Crippen molar-refractivity contribution in [2.24, 2.45) is 5.16 Å². The van der Waals surface area contributed by atoms with Crippen LogP contribution < -0.4 is 10.6 Å². The summed E-state index contributed by atoms with van der Waals surface area (Å²) in [7, 11) is -3.80. The van der Waals surface area contributed by atoms with Gasteiger partial charge < -0.3 is 20.2 Å². The van der Waals surface area contributed by atoms with Crippen molar-refractivity contribution in [3.05, 3.63) is 11.1 Å². The van der Waals surface area contributed by atoms with Crippen LogP contribution >= 0.6 is 22.9 Å². The summed E-state index contributed by atoms with van der Waals surface area (Å²) in [6.07, 6.45) is 0. The monoisotopic (exact) mass is 497 g/mol. The minimum Gasteiger partial charge on any atom is -0.464 e. The van der Waals surface area contributed by atoms with Crippen LogP contribution in [0.15, 0.2) is 10.5 Å². The molecule has 3 N–H and O–H groups in total. The lowest BCUT2D eigenvalue weighted by molar-refractivity contribution is -0.154. The van der Waals surface area contributed by atoms with E-state index in [1.54, 1.807) is 0 Å². The summed E-state index contributed by atoms with van der Waals surface area (Å²) in [5, 5.41) is 9.64. The van der Waals surface area contributed by atoms with Gasteiger partial charge in [0.2, 0.25) is 5.91 Å². The number of carbonyl (C=O) groups excluding carboxylic acids is 4. The molecule has 0 aliphatic carbocycles. The zero-order valence-corrected chi connectivity index (χ0v) is 18.3. The maximum Gasteiger partial charge on any atom is 0.362 e. The van der Waals surface area contributed by atoms with Gasteiger partial charge in [0.15, 0.2) is 10.8 Å². The highest BCUT2D eigenvalue weighted by molar-refractivity contribution is 7.84. The maximum atomic E-state index is 12.7. The van der Waals surface area contributed by atoms with Gasteiger partial charge in [-0.25, -0.2) is 9.29 Å². The summed E-state index contributed by atoms with van der Waals surface area (Å²) < 4.78 is 36.8. The van der Waals surface area contributed by atoms with Gasteiger partial charge in [-0.05, 0) is 0 Å². The van der Waals surface area contributed by atoms with Crippen LogP contribution in [0.3, 0.4) is 0 Å². The van der Waals surface area contributed by atoms with Crippen LogP contribution in [0.5, 0.6) is 0 Å². The van der Waals surface area contributed by atoms with Gasteiger partial charge in [0, 0.05) is 12.3 Å². The molecule has 0 saturated carbocycles. The molecule has 2 atom stereocenters. The molecular formula is C14H16ClN5O9S2. The topological polar surface area (TPSA) is 194 Å². The highest BCUT2D eigenvalue weighted by Gasteiger charge is 2.54. The van der Waals surface area contributed by atoms with Gasteiger partial charge >= 0.3 is 16.3 Å². The van der Waals surface area contributed by atoms with E-state index in [0.717, 1.165) is 25.4 Å². The van der Waals surface area contributed by atoms with Gasteiger partial charge in [-0.2, -0.15) is 8.42 Å². The first kappa shape index (κ1) is 24.4. The molecule has 14 nitrogen and oxygen atoms in total. The number of thiazole rings is 1. The van der Waals surface area contributed by atoms with Crippen LogP contribution in [-0.4, -0.2) is 83.3 Å². The number of hydrogen-bond acceptors (Lipinski definition) is 11. The molecule has 0 unspecified atom stereocenters. The summed E-state index contributed by atoms with van der Waals surface area (Å²) in [6.45, 7) is 0.450. The lowest BCUT2D eigenvalue weighted by Crippen LogP contribution is -2.73. The second kappa shape index (κ2) is 9.99. The summed E-state index contributed by atoms with van der Waals surface area (Å²) >= 11 is 6.35. The first-order valence-corrected chi connectivity index (χ1v) is 11.0. The van der Waals surface area contributed by atoms with Crippen LogP contribution in [-0.2, 0) is 39.1 Å². The third kappa shape index (κ3) is 5.87. The number of ether oxygens (including phenoxy) is 1. The Morgan fingerprint density at radius 2 is 2.10 bits per heavy atom. The Labute approximate surface area is 184 Å². The molecule has 170 valence electrons. The number of aromatic nitrogens is 1. The molecule has 2 rings (SSSR count). The average Bonchev–Trinajstić information content (AvgIpc) is 3.13. The highest BCUT2D eigenvalue weighted by Crippen LogP contribution is 2.24. The number of β-lactam (4-membered cyclic amide) rings is 1. The molecule has 0 radical (unpaired) electrons. The van der Waals surface area contributed by atoms with Crippen molar-refractivity contribution in [2.75, 3.05) is 24.9 Å². The third-order valence-corrected chi connectivity index (χ3v) is 5.62. The summed E-state index contributed by atoms with van der Waals surface area (Å²) in [6, 6.07) is -2.84. The Morgan fingerprint density at radius 1 is 1.42 bits per heavy atom. The number of amides is 3. The lowest BCUT2D eigenvalue weighted by atomic mass is 9.99. The van der Waals surface area contributed by atoms with Crippen molar-refractivity contribution in [2.45, 2.75) is 19.0 Å². The fraction of sp³-hybridized carbons (Fsp3) is 0.429. The largest absolute Gasteiger partial charge is 0.464 e. The molecule has 1 saturated heterocycles. The van der Waals surface area contributed by atoms with Crippen LogP contribution in [0.4, 0.5) is 5.13 Å². The second-order valence-electron chi connectivity index (χ2n) is 5.78. The zero-order valence-electron chi connectivity index (χ0n) is 15.9. The van der Waals surface area contributed by atoms with Gasteiger partial charge in [-0.3, -0.25) is 23.7 Å². The molecule has 1 aliphatic rings. The zero-order chi connectivity index (χ0) is 23.3. The van der Waals surface area contributed by atoms with E-state index in [9.17, 15) is 32.1 Å². The molecule has 3 amide bonds. The van der Waals surface area contributed by atoms with Crippen molar-refractivity contribution >= 4 is 67.8 Å². The summed E-state index contributed by atoms with van der Waals surface area (Å²) in [5.41, 5.74) is -0.418. The Balaban J connectivity index is 2.21. The number of rotatable bonds is 9. The Hall–Kier alpha value is -2.82. The van der Waals surface area contributed by atoms with Gasteiger partial charge in [-0.15, -0.1) is 22.9 Å². The normalized spacial score (nSPS) is 18.8. The second-order valence-corrected chi connectivity index (χ2v) is 8.19. The number of anilines is 1. The van der Waals surface area contributed by atoms with E-state index < -0.39 is 58.4 Å². The van der Waals surface area contributed by atoms with E-state index in [4.69, 9.17) is 16.3 Å². The molecular weight excluding hydrogens is 482 g/mol. The number of esters is 1. The van der Waals surface area contributed by atoms with Crippen LogP contribution in [0.1, 0.15) is 12.6 Å². The standard InChI is InChI=1S/C14H16ClN5O9S2/c1-6(21)29-4-8-11(13(24)20(8)31(25,26)27)18-12(23)10(19-28-2)7-5-30-14(16-7)17-9(22)3-15/h5,8,11H,3-4H2,1-2H3,(H,18,23)(H,16,17,22)(H,25,26,27)/b19-10-/t8-,11-/m1/s1. The fourth-order valence-corrected chi connectivity index (χ4v) is 4.07. The van der Waals surface area contributed by atoms with Crippen molar-refractivity contribution in [3.63, 3.8) is 0 Å². The Kier molecular flexibility index (Phi) is 7.88. The lowest BCUT2D eigenvalue weighted by Gasteiger charge is -2.43. The van der Waals surface area contributed by atoms with E-state index in [2.05, 4.69) is 25.6 Å². The van der Waals surface area contributed by atoms with E-state index in [-0.39, 0.29) is 21.0 Å². The van der Waals surface area contributed by atoms with Crippen LogP contribution in [0.2, 0.25) is 0 Å². The minimum absolute atomic E-state index is 0.0239. The first-order chi connectivity index (χ1) is 14.5. The predicted octanol–water partition coefficient (Wildman–Crippen LogP) is -1.27. The predicted molar refractivity (Wildman–Crippen MR) is 106 cm³/mol. The van der Waals surface area contributed by atoms with E-state index >= 15 is 0 Å². The first-order valence-electron chi connectivity index (χ1n) is 8.17. The van der Waals surface area contributed by atoms with Gasteiger partial charge in [0.25, 0.3) is 11.8 Å². The quantitative estimate of drug-likeness (QED) is 0.0924. The summed E-state index contributed by atoms with van der Waals surface area (Å²) in [5.74, 6) is -3.75. The molecule has 0 spiro atoms. The molecule has 1 fully saturated rings. The SMILES string of the molecule is CO/N=C(\C(=O)N[C@H]1C(=O)N(S(=O)(=O)O)[C@@H]1COC(C)=O)c1csc(NC(=O)CCl)n1. The Bertz CT molecular complexity index is 1030. The number of halogens is 1. The van der Waals surface area contributed by atoms with E-state index in [1.807, 2.05) is 0 Å². The van der Waals surface area contributed by atoms with Gasteiger partial charge in [-0.1, -0.05) is 5.16 Å². The number of oxime groups is 1. The van der Waals surface area contributed by atoms with E-state index in [1.165, 1.54) is 5.38 Å². The fourth-order valence-electron chi connectivity index (χ4n) is 2.43. The number of alkyl halides is 1. The molecule has 1 aromatic heterocycles. The number of carbonyl (C=O) groups is 4. The van der Waals surface area contributed by atoms with Crippen molar-refractivity contribution in [1.29, 1.82) is 0 Å². The molecule has 0 aromatic carbocycles. The third-order valence-electron chi connectivity index (χ3n) is 3.67. The molecule has 31 heavy (non-hydrogen) atoms. The molecule has 1 aliphatic heterocycles. The highest BCUT2D eigenvalue weighted by atomic mass is 35.5. The van der Waals surface area contributed by atoms with Crippen molar-refractivity contribution < 1.29 is 41.7 Å². The maximum absolute atomic E-state index is 12.7. The molecule has 2 heterocycles. The number of nitrogens with one attached hydrogen (secondary N) is 2. The molecule has 17 heteroatoms. The number of hydrogen-bond donors (Lipinski definition) is 3. The Morgan fingerprint density at radius 3 is 2.65 bits per heavy atom. The van der Waals surface area contributed by atoms with Crippen LogP contribution in [0.25, 0.3) is 0 Å². The molecule has 0 bridgehead atoms. The van der Waals surface area contributed by atoms with Crippen molar-refractivity contribution in [3.8, 4) is 0 Å². The van der Waals surface area contributed by atoms with Gasteiger partial charge in [0.05, 0.1) is 0 Å².